The number of fused-ring (bicyclic) bond motifs is 1. The maximum atomic E-state index is 6.00. The van der Waals surface area contributed by atoms with Crippen molar-refractivity contribution >= 4 is 74.7 Å². The first-order valence-electron chi connectivity index (χ1n) is 18.7. The van der Waals surface area contributed by atoms with Crippen molar-refractivity contribution in [1.82, 2.24) is 8.75 Å². The molecule has 0 atom stereocenters. The molecular formula is C49H39N2OOsPS3+. The number of thiophene rings is 2. The molecule has 0 bridgehead atoms. The van der Waals surface area contributed by atoms with Crippen molar-refractivity contribution in [3.8, 4) is 37.1 Å². The van der Waals surface area contributed by atoms with Gasteiger partial charge in [-0.3, -0.25) is 0 Å². The van der Waals surface area contributed by atoms with Crippen molar-refractivity contribution in [1.29, 1.82) is 0 Å². The molecule has 1 aliphatic heterocycles. The van der Waals surface area contributed by atoms with E-state index in [1.807, 2.05) is 0 Å². The van der Waals surface area contributed by atoms with Gasteiger partial charge in [-0.15, -0.1) is 11.3 Å². The van der Waals surface area contributed by atoms with Crippen LogP contribution in [0, 0.1) is 30.1 Å². The SMILES string of the molecule is CC=C1COCC1=CC(C#Cc1ccc(-c2c(C)c(C)c(-c3ccc(/C=C/C)s3)c3nsnc23)s1)=C([C]#[Os])[P+](c1ccccc1)(c1ccccc1)c1ccccc1. The minimum absolute atomic E-state index is 0.551. The van der Waals surface area contributed by atoms with Crippen LogP contribution in [0.1, 0.15) is 34.7 Å². The number of benzene rings is 4. The van der Waals surface area contributed by atoms with E-state index >= 15 is 0 Å². The first kappa shape index (κ1) is 39.3. The predicted octanol–water partition coefficient (Wildman–Crippen LogP) is 11.8. The molecule has 1 saturated heterocycles. The fraction of sp³-hybridized carbons (Fsp3) is 0.122. The monoisotopic (exact) mass is 990 g/mol. The van der Waals surface area contributed by atoms with Crippen LogP contribution in [-0.4, -0.2) is 22.0 Å². The van der Waals surface area contributed by atoms with Gasteiger partial charge in [0.1, 0.15) is 0 Å². The molecule has 0 unspecified atom stereocenters. The molecule has 1 fully saturated rings. The van der Waals surface area contributed by atoms with Crippen LogP contribution in [0.5, 0.6) is 0 Å². The van der Waals surface area contributed by atoms with E-state index in [-0.39, 0.29) is 0 Å². The Morgan fingerprint density at radius 1 is 0.702 bits per heavy atom. The summed E-state index contributed by atoms with van der Waals surface area (Å²) in [7, 11) is -2.48. The van der Waals surface area contributed by atoms with Crippen molar-refractivity contribution in [2.45, 2.75) is 27.7 Å². The zero-order valence-corrected chi connectivity index (χ0v) is 37.9. The summed E-state index contributed by atoms with van der Waals surface area (Å²) in [6, 6.07) is 41.6. The van der Waals surface area contributed by atoms with Gasteiger partial charge in [0.15, 0.2) is 0 Å². The maximum absolute atomic E-state index is 6.00. The van der Waals surface area contributed by atoms with Gasteiger partial charge in [0, 0.05) is 9.75 Å². The third kappa shape index (κ3) is 7.50. The van der Waals surface area contributed by atoms with Crippen molar-refractivity contribution in [2.24, 2.45) is 0 Å². The first-order chi connectivity index (χ1) is 28.0. The van der Waals surface area contributed by atoms with Gasteiger partial charge in [-0.1, -0.05) is 6.08 Å². The molecular weight excluding hydrogens is 950 g/mol. The molecule has 0 N–H and O–H groups in total. The summed E-state index contributed by atoms with van der Waals surface area (Å²) in [5.74, 6) is 7.42. The molecule has 4 aromatic carbocycles. The number of aromatic nitrogens is 2. The summed E-state index contributed by atoms with van der Waals surface area (Å²) < 4.78 is 19.6. The fourth-order valence-corrected chi connectivity index (χ4v) is 15.9. The van der Waals surface area contributed by atoms with Crippen molar-refractivity contribution < 1.29 is 22.7 Å². The van der Waals surface area contributed by atoms with E-state index in [1.54, 1.807) is 40.6 Å². The van der Waals surface area contributed by atoms with Crippen molar-refractivity contribution in [3.63, 3.8) is 0 Å². The Balaban J connectivity index is 1.33. The summed E-state index contributed by atoms with van der Waals surface area (Å²) >= 11 is 6.57. The molecule has 4 heterocycles. The van der Waals surface area contributed by atoms with Gasteiger partial charge in [-0.25, -0.2) is 0 Å². The average molecular weight is 989 g/mol. The third-order valence-corrected chi connectivity index (χ3v) is 18.3. The number of nitrogens with zero attached hydrogens (tertiary/aromatic N) is 2. The molecule has 8 heteroatoms. The van der Waals surface area contributed by atoms with Crippen molar-refractivity contribution in [2.75, 3.05) is 13.2 Å². The molecule has 0 amide bonds. The molecule has 0 aliphatic carbocycles. The molecule has 0 saturated carbocycles. The van der Waals surface area contributed by atoms with E-state index < -0.39 is 7.26 Å². The second-order valence-electron chi connectivity index (χ2n) is 13.6. The third-order valence-electron chi connectivity index (χ3n) is 10.4. The van der Waals surface area contributed by atoms with Crippen LogP contribution < -0.4 is 15.9 Å². The Morgan fingerprint density at radius 3 is 1.79 bits per heavy atom. The molecule has 281 valence electrons. The molecule has 0 radical (unpaired) electrons. The molecule has 8 rings (SSSR count). The van der Waals surface area contributed by atoms with Crippen LogP contribution >= 0.6 is 41.7 Å². The van der Waals surface area contributed by atoms with Crippen LogP contribution in [0.15, 0.2) is 156 Å². The van der Waals surface area contributed by atoms with Crippen LogP contribution in [0.3, 0.4) is 0 Å². The second-order valence-corrected chi connectivity index (χ2v) is 20.3. The molecule has 7 aromatic rings. The standard InChI is InChI=1S/C49H39N2OPS3.Os/c1-6-17-42-26-28-44(54-42)46-33(3)34(4)47(49-48(46)50-56-51-49)45-29-27-43(55-45)25-24-37(30-38-32-52-31-36(38)7-2)35(5)53(39-18-11-8-12-19-39,40-20-13-9-14-21-40)41-22-15-10-16-23-41;/h6-23,26-30H,31-32H2,1-4H3;/q+1;/b17-6+,36-7?,37-35?,38-30?;. The molecule has 1 aliphatic rings. The van der Waals surface area contributed by atoms with Gasteiger partial charge >= 0.3 is 308 Å². The van der Waals surface area contributed by atoms with Gasteiger partial charge in [0.25, 0.3) is 0 Å². The zero-order valence-electron chi connectivity index (χ0n) is 32.0. The Hall–Kier alpha value is -4.57. The molecule has 0 spiro atoms. The minimum atomic E-state index is -2.48. The normalized spacial score (nSPS) is 14.9. The zero-order chi connectivity index (χ0) is 39.4. The number of hydrogen-bond donors (Lipinski definition) is 0. The topological polar surface area (TPSA) is 35.0 Å². The van der Waals surface area contributed by atoms with E-state index in [0.717, 1.165) is 42.8 Å². The number of hydrogen-bond acceptors (Lipinski definition) is 6. The Morgan fingerprint density at radius 2 is 1.25 bits per heavy atom. The van der Waals surface area contributed by atoms with Gasteiger partial charge in [-0.2, -0.15) is 0 Å². The Bertz CT molecular complexity index is 2730. The second kappa shape index (κ2) is 17.5. The molecule has 3 nitrogen and oxygen atoms in total. The van der Waals surface area contributed by atoms with E-state index in [9.17, 15) is 0 Å². The summed E-state index contributed by atoms with van der Waals surface area (Å²) in [6.45, 7) is 9.73. The van der Waals surface area contributed by atoms with E-state index in [1.165, 1.54) is 59.7 Å². The van der Waals surface area contributed by atoms with Crippen LogP contribution in [0.25, 0.3) is 38.0 Å². The number of rotatable bonds is 8. The number of allylic oxidation sites excluding steroid dienone is 5. The fourth-order valence-electron chi connectivity index (χ4n) is 7.53. The van der Waals surface area contributed by atoms with Gasteiger partial charge < -0.3 is 0 Å². The van der Waals surface area contributed by atoms with Gasteiger partial charge in [-0.05, 0) is 25.1 Å². The van der Waals surface area contributed by atoms with Gasteiger partial charge in [0.2, 0.25) is 0 Å². The summed E-state index contributed by atoms with van der Waals surface area (Å²) in [5.41, 5.74) is 10.0. The summed E-state index contributed by atoms with van der Waals surface area (Å²) in [6.07, 6.45) is 8.67. The average Bonchev–Trinajstić information content (AvgIpc) is 4.10. The van der Waals surface area contributed by atoms with E-state index in [0.29, 0.717) is 13.2 Å². The molecule has 3 aromatic heterocycles. The van der Waals surface area contributed by atoms with Crippen molar-refractivity contribution in [3.05, 3.63) is 176 Å². The first-order valence-corrected chi connectivity index (χ1v) is 24.1. The van der Waals surface area contributed by atoms with Crippen LogP contribution in [0.2, 0.25) is 0 Å². The predicted molar refractivity (Wildman–Crippen MR) is 244 cm³/mol. The molecule has 57 heavy (non-hydrogen) atoms. The Labute approximate surface area is 357 Å². The quantitative estimate of drug-likeness (QED) is 0.112. The number of ether oxygens (including phenoxy) is 1. The summed E-state index contributed by atoms with van der Waals surface area (Å²) in [5, 5.41) is 4.90. The van der Waals surface area contributed by atoms with Crippen LogP contribution in [0.4, 0.5) is 0 Å². The van der Waals surface area contributed by atoms with E-state index in [2.05, 4.69) is 183 Å². The summed E-state index contributed by atoms with van der Waals surface area (Å²) in [4.78, 5) is 4.58. The van der Waals surface area contributed by atoms with Crippen LogP contribution in [-0.2, 0) is 22.7 Å². The van der Waals surface area contributed by atoms with E-state index in [4.69, 9.17) is 13.5 Å². The Kier molecular flexibility index (Phi) is 12.1. The van der Waals surface area contributed by atoms with Gasteiger partial charge in [0.05, 0.1) is 0 Å².